The molecule has 1 fully saturated rings. The highest BCUT2D eigenvalue weighted by Gasteiger charge is 2.17. The molecule has 1 saturated heterocycles. The van der Waals surface area contributed by atoms with E-state index in [1.54, 1.807) is 35.4 Å². The van der Waals surface area contributed by atoms with Crippen molar-refractivity contribution in [3.8, 4) is 0 Å². The Morgan fingerprint density at radius 3 is 2.65 bits per heavy atom. The Kier molecular flexibility index (Phi) is 4.51. The molecule has 2 aromatic rings. The Bertz CT molecular complexity index is 648. The zero-order valence-corrected chi connectivity index (χ0v) is 12.5. The molecule has 1 N–H and O–H groups in total. The van der Waals surface area contributed by atoms with Gasteiger partial charge in [0.05, 0.1) is 12.8 Å². The topological polar surface area (TPSA) is 91.6 Å². The van der Waals surface area contributed by atoms with Crippen molar-refractivity contribution in [3.05, 3.63) is 42.0 Å². The number of carbonyl (C=O) groups excluding carboxylic acids is 2. The van der Waals surface area contributed by atoms with Crippen molar-refractivity contribution in [1.29, 1.82) is 0 Å². The highest BCUT2D eigenvalue weighted by Crippen LogP contribution is 2.12. The molecule has 3 heterocycles. The summed E-state index contributed by atoms with van der Waals surface area (Å²) >= 11 is 0. The maximum atomic E-state index is 12.0. The average Bonchev–Trinajstić information content (AvgIpc) is 3.13. The lowest BCUT2D eigenvalue weighted by molar-refractivity contribution is -0.118. The van der Waals surface area contributed by atoms with Gasteiger partial charge in [0, 0.05) is 26.2 Å². The Labute approximate surface area is 133 Å². The first-order valence-electron chi connectivity index (χ1n) is 7.35. The van der Waals surface area contributed by atoms with Crippen LogP contribution in [0.2, 0.25) is 0 Å². The molecule has 0 unspecified atom stereocenters. The van der Waals surface area contributed by atoms with E-state index in [2.05, 4.69) is 15.5 Å². The number of nitrogens with one attached hydrogen (secondary N) is 1. The molecular formula is C15H17N5O3. The van der Waals surface area contributed by atoms with Gasteiger partial charge in [0.2, 0.25) is 6.41 Å². The van der Waals surface area contributed by atoms with Crippen LogP contribution in [0.5, 0.6) is 0 Å². The molecule has 1 aliphatic rings. The number of carbonyl (C=O) groups is 2. The summed E-state index contributed by atoms with van der Waals surface area (Å²) in [4.78, 5) is 26.5. The second-order valence-electron chi connectivity index (χ2n) is 5.17. The molecule has 0 bridgehead atoms. The number of anilines is 1. The lowest BCUT2D eigenvalue weighted by Gasteiger charge is -2.32. The number of hydrogen-bond donors (Lipinski definition) is 1. The molecule has 0 aromatic carbocycles. The molecule has 2 amide bonds. The minimum atomic E-state index is -0.300. The van der Waals surface area contributed by atoms with Crippen LogP contribution in [0.15, 0.2) is 34.9 Å². The first-order valence-corrected chi connectivity index (χ1v) is 7.35. The van der Waals surface area contributed by atoms with E-state index in [0.29, 0.717) is 44.3 Å². The van der Waals surface area contributed by atoms with Crippen molar-refractivity contribution in [3.63, 3.8) is 0 Å². The summed E-state index contributed by atoms with van der Waals surface area (Å²) < 4.78 is 5.15. The normalized spacial score (nSPS) is 14.6. The first kappa shape index (κ1) is 15.0. The van der Waals surface area contributed by atoms with Gasteiger partial charge in [0.15, 0.2) is 11.5 Å². The number of aromatic nitrogens is 2. The van der Waals surface area contributed by atoms with Crippen LogP contribution in [0.3, 0.4) is 0 Å². The molecule has 0 spiro atoms. The van der Waals surface area contributed by atoms with Gasteiger partial charge in [-0.2, -0.15) is 0 Å². The van der Waals surface area contributed by atoms with Gasteiger partial charge in [-0.3, -0.25) is 9.59 Å². The predicted octanol–water partition coefficient (Wildman–Crippen LogP) is 0.278. The quantitative estimate of drug-likeness (QED) is 0.797. The number of piperazine rings is 1. The third-order valence-electron chi connectivity index (χ3n) is 3.67. The van der Waals surface area contributed by atoms with Crippen LogP contribution in [0.1, 0.15) is 16.2 Å². The Hall–Kier alpha value is -2.90. The van der Waals surface area contributed by atoms with Crippen molar-refractivity contribution >= 4 is 18.1 Å². The Morgan fingerprint density at radius 2 is 2.04 bits per heavy atom. The third kappa shape index (κ3) is 3.65. The van der Waals surface area contributed by atoms with Crippen LogP contribution in [-0.2, 0) is 11.3 Å². The minimum absolute atomic E-state index is 0.256. The van der Waals surface area contributed by atoms with Gasteiger partial charge in [0.1, 0.15) is 5.76 Å². The number of rotatable bonds is 5. The minimum Gasteiger partial charge on any atom is -0.467 e. The van der Waals surface area contributed by atoms with Crippen molar-refractivity contribution in [2.24, 2.45) is 0 Å². The van der Waals surface area contributed by atoms with E-state index < -0.39 is 0 Å². The zero-order chi connectivity index (χ0) is 16.1. The monoisotopic (exact) mass is 315 g/mol. The van der Waals surface area contributed by atoms with Gasteiger partial charge >= 0.3 is 0 Å². The van der Waals surface area contributed by atoms with Crippen LogP contribution in [0.25, 0.3) is 0 Å². The molecule has 0 saturated carbocycles. The van der Waals surface area contributed by atoms with E-state index in [1.807, 2.05) is 4.90 Å². The summed E-state index contributed by atoms with van der Waals surface area (Å²) in [5.74, 6) is 1.08. The summed E-state index contributed by atoms with van der Waals surface area (Å²) in [6, 6.07) is 6.96. The molecule has 8 nitrogen and oxygen atoms in total. The van der Waals surface area contributed by atoms with E-state index in [1.165, 1.54) is 0 Å². The second kappa shape index (κ2) is 6.91. The van der Waals surface area contributed by atoms with Crippen LogP contribution in [-0.4, -0.2) is 53.6 Å². The molecule has 1 aliphatic heterocycles. The van der Waals surface area contributed by atoms with Crippen LogP contribution >= 0.6 is 0 Å². The second-order valence-corrected chi connectivity index (χ2v) is 5.17. The van der Waals surface area contributed by atoms with E-state index >= 15 is 0 Å². The molecule has 120 valence electrons. The first-order chi connectivity index (χ1) is 11.3. The molecule has 0 radical (unpaired) electrons. The lowest BCUT2D eigenvalue weighted by Crippen LogP contribution is -2.46. The van der Waals surface area contributed by atoms with Crippen LogP contribution in [0.4, 0.5) is 5.82 Å². The standard InChI is InChI=1S/C15H17N5O3/c21-11-19-5-7-20(8-6-19)14-4-3-13(17-18-14)15(22)16-10-12-2-1-9-23-12/h1-4,9,11H,5-8,10H2,(H,16,22). The number of amides is 2. The van der Waals surface area contributed by atoms with Crippen molar-refractivity contribution < 1.29 is 14.0 Å². The molecule has 8 heteroatoms. The zero-order valence-electron chi connectivity index (χ0n) is 12.5. The fourth-order valence-electron chi connectivity index (χ4n) is 2.34. The molecule has 0 aliphatic carbocycles. The lowest BCUT2D eigenvalue weighted by atomic mass is 10.3. The summed E-state index contributed by atoms with van der Waals surface area (Å²) in [6.07, 6.45) is 2.41. The van der Waals surface area contributed by atoms with E-state index in [4.69, 9.17) is 4.42 Å². The van der Waals surface area contributed by atoms with Gasteiger partial charge in [-0.15, -0.1) is 10.2 Å². The molecule has 0 atom stereocenters. The average molecular weight is 315 g/mol. The largest absolute Gasteiger partial charge is 0.467 e. The van der Waals surface area contributed by atoms with Gasteiger partial charge in [-0.25, -0.2) is 0 Å². The van der Waals surface area contributed by atoms with Crippen LogP contribution < -0.4 is 10.2 Å². The van der Waals surface area contributed by atoms with Gasteiger partial charge in [-0.05, 0) is 24.3 Å². The highest BCUT2D eigenvalue weighted by atomic mass is 16.3. The number of furan rings is 1. The predicted molar refractivity (Wildman–Crippen MR) is 81.8 cm³/mol. The van der Waals surface area contributed by atoms with Crippen molar-refractivity contribution in [2.45, 2.75) is 6.54 Å². The van der Waals surface area contributed by atoms with E-state index in [0.717, 1.165) is 6.41 Å². The smallest absolute Gasteiger partial charge is 0.272 e. The SMILES string of the molecule is O=CN1CCN(c2ccc(C(=O)NCc3ccco3)nn2)CC1. The van der Waals surface area contributed by atoms with E-state index in [9.17, 15) is 9.59 Å². The molecule has 2 aromatic heterocycles. The maximum Gasteiger partial charge on any atom is 0.272 e. The summed E-state index contributed by atoms with van der Waals surface area (Å²) in [5, 5.41) is 10.8. The fourth-order valence-corrected chi connectivity index (χ4v) is 2.34. The Balaban J connectivity index is 1.56. The maximum absolute atomic E-state index is 12.0. The molecule has 23 heavy (non-hydrogen) atoms. The summed E-state index contributed by atoms with van der Waals surface area (Å²) in [5.41, 5.74) is 0.256. The highest BCUT2D eigenvalue weighted by molar-refractivity contribution is 5.92. The van der Waals surface area contributed by atoms with Gasteiger partial charge in [-0.1, -0.05) is 0 Å². The van der Waals surface area contributed by atoms with Gasteiger partial charge < -0.3 is 19.5 Å². The molecular weight excluding hydrogens is 298 g/mol. The van der Waals surface area contributed by atoms with Gasteiger partial charge in [0.25, 0.3) is 5.91 Å². The number of hydrogen-bond acceptors (Lipinski definition) is 6. The van der Waals surface area contributed by atoms with Crippen molar-refractivity contribution in [1.82, 2.24) is 20.4 Å². The van der Waals surface area contributed by atoms with Crippen molar-refractivity contribution in [2.75, 3.05) is 31.1 Å². The summed E-state index contributed by atoms with van der Waals surface area (Å²) in [6.45, 7) is 3.05. The van der Waals surface area contributed by atoms with E-state index in [-0.39, 0.29) is 11.6 Å². The number of nitrogens with zero attached hydrogens (tertiary/aromatic N) is 4. The Morgan fingerprint density at radius 1 is 1.22 bits per heavy atom. The fraction of sp³-hybridized carbons (Fsp3) is 0.333. The summed E-state index contributed by atoms with van der Waals surface area (Å²) in [7, 11) is 0. The third-order valence-corrected chi connectivity index (χ3v) is 3.67. The molecule has 3 rings (SSSR count). The van der Waals surface area contributed by atoms with Crippen LogP contribution in [0, 0.1) is 0 Å².